The predicted octanol–water partition coefficient (Wildman–Crippen LogP) is 3.51. The standard InChI is InChI=1S/C17H16FNO4S2/c1-10-9-24-15-8-14(11(2)23-25(3,21)22)16(17(20)19(10)15)12-5-4-6-13(18)7-12/h4-9,11H,1-3H3/t11-/m0/s1. The first-order valence-electron chi connectivity index (χ1n) is 7.45. The molecule has 1 atom stereocenters. The first-order valence-corrected chi connectivity index (χ1v) is 10.1. The molecule has 132 valence electrons. The number of rotatable bonds is 4. The molecule has 0 N–H and O–H groups in total. The molecule has 0 aliphatic heterocycles. The van der Waals surface area contributed by atoms with Gasteiger partial charge in [0.1, 0.15) is 16.8 Å². The Morgan fingerprint density at radius 1 is 1.28 bits per heavy atom. The van der Waals surface area contributed by atoms with E-state index in [9.17, 15) is 17.6 Å². The Morgan fingerprint density at radius 3 is 2.64 bits per heavy atom. The van der Waals surface area contributed by atoms with E-state index in [0.29, 0.717) is 16.0 Å². The number of hydrogen-bond donors (Lipinski definition) is 0. The van der Waals surface area contributed by atoms with Gasteiger partial charge in [0, 0.05) is 11.1 Å². The van der Waals surface area contributed by atoms with Crippen LogP contribution in [0.3, 0.4) is 0 Å². The van der Waals surface area contributed by atoms with Crippen molar-refractivity contribution in [2.24, 2.45) is 0 Å². The molecule has 5 nitrogen and oxygen atoms in total. The van der Waals surface area contributed by atoms with Gasteiger partial charge in [0.05, 0.1) is 11.8 Å². The first kappa shape index (κ1) is 17.8. The maximum Gasteiger partial charge on any atom is 0.264 e. The van der Waals surface area contributed by atoms with Crippen molar-refractivity contribution in [3.8, 4) is 11.1 Å². The minimum Gasteiger partial charge on any atom is -0.271 e. The van der Waals surface area contributed by atoms with Gasteiger partial charge < -0.3 is 0 Å². The van der Waals surface area contributed by atoms with Crippen molar-refractivity contribution in [3.05, 3.63) is 63.1 Å². The fourth-order valence-corrected chi connectivity index (χ4v) is 4.35. The van der Waals surface area contributed by atoms with Gasteiger partial charge in [0.2, 0.25) is 0 Å². The fourth-order valence-electron chi connectivity index (χ4n) is 2.79. The van der Waals surface area contributed by atoms with Crippen LogP contribution in [0.25, 0.3) is 16.0 Å². The van der Waals surface area contributed by atoms with Crippen molar-refractivity contribution < 1.29 is 17.0 Å². The van der Waals surface area contributed by atoms with Gasteiger partial charge in [-0.2, -0.15) is 8.42 Å². The summed E-state index contributed by atoms with van der Waals surface area (Å²) in [6.45, 7) is 3.35. The van der Waals surface area contributed by atoms with Gasteiger partial charge in [-0.25, -0.2) is 4.39 Å². The zero-order chi connectivity index (χ0) is 18.4. The molecule has 0 spiro atoms. The molecule has 0 bridgehead atoms. The van der Waals surface area contributed by atoms with Gasteiger partial charge in [-0.15, -0.1) is 11.3 Å². The summed E-state index contributed by atoms with van der Waals surface area (Å²) >= 11 is 1.37. The largest absolute Gasteiger partial charge is 0.271 e. The number of benzene rings is 1. The monoisotopic (exact) mass is 381 g/mol. The highest BCUT2D eigenvalue weighted by Crippen LogP contribution is 2.31. The van der Waals surface area contributed by atoms with Crippen LogP contribution in [-0.4, -0.2) is 19.1 Å². The third kappa shape index (κ3) is 3.51. The van der Waals surface area contributed by atoms with Gasteiger partial charge in [0.25, 0.3) is 15.7 Å². The Morgan fingerprint density at radius 2 is 2.00 bits per heavy atom. The molecule has 3 aromatic rings. The van der Waals surface area contributed by atoms with E-state index < -0.39 is 22.0 Å². The average Bonchev–Trinajstić information content (AvgIpc) is 2.87. The van der Waals surface area contributed by atoms with Crippen LogP contribution in [0.1, 0.15) is 24.3 Å². The summed E-state index contributed by atoms with van der Waals surface area (Å²) in [4.78, 5) is 13.7. The van der Waals surface area contributed by atoms with Gasteiger partial charge in [-0.3, -0.25) is 13.4 Å². The van der Waals surface area contributed by atoms with E-state index in [2.05, 4.69) is 0 Å². The molecule has 0 saturated carbocycles. The number of halogens is 1. The lowest BCUT2D eigenvalue weighted by Crippen LogP contribution is -2.20. The molecule has 8 heteroatoms. The SMILES string of the molecule is Cc1csc2cc([C@H](C)OS(C)(=O)=O)c(-c3cccc(F)c3)c(=O)n12. The molecule has 25 heavy (non-hydrogen) atoms. The van der Waals surface area contributed by atoms with E-state index in [1.54, 1.807) is 26.0 Å². The van der Waals surface area contributed by atoms with Gasteiger partial charge in [0.15, 0.2) is 0 Å². The number of pyridine rings is 1. The Kier molecular flexibility index (Phi) is 4.52. The summed E-state index contributed by atoms with van der Waals surface area (Å²) in [5.41, 5.74) is 1.44. The zero-order valence-electron chi connectivity index (χ0n) is 13.8. The van der Waals surface area contributed by atoms with E-state index in [1.165, 1.54) is 33.9 Å². The van der Waals surface area contributed by atoms with Gasteiger partial charge in [-0.05, 0) is 43.2 Å². The molecule has 2 aromatic heterocycles. The number of fused-ring (bicyclic) bond motifs is 1. The maximum atomic E-state index is 13.7. The van der Waals surface area contributed by atoms with Crippen LogP contribution in [0.15, 0.2) is 40.5 Å². The minimum absolute atomic E-state index is 0.231. The van der Waals surface area contributed by atoms with E-state index in [4.69, 9.17) is 4.18 Å². The van der Waals surface area contributed by atoms with Crippen LogP contribution >= 0.6 is 11.3 Å². The lowest BCUT2D eigenvalue weighted by atomic mass is 9.98. The molecule has 0 aliphatic rings. The third-order valence-corrected chi connectivity index (χ3v) is 5.42. The van der Waals surface area contributed by atoms with Crippen molar-refractivity contribution in [1.82, 2.24) is 4.40 Å². The molecular formula is C17H16FNO4S2. The average molecular weight is 381 g/mol. The van der Waals surface area contributed by atoms with Crippen LogP contribution in [0.4, 0.5) is 4.39 Å². The Bertz CT molecular complexity index is 1120. The molecule has 3 rings (SSSR count). The highest BCUT2D eigenvalue weighted by atomic mass is 32.2. The Labute approximate surface area is 148 Å². The summed E-state index contributed by atoms with van der Waals surface area (Å²) in [6, 6.07) is 7.37. The molecule has 0 fully saturated rings. The molecule has 0 amide bonds. The third-order valence-electron chi connectivity index (χ3n) is 3.78. The molecule has 0 aliphatic carbocycles. The van der Waals surface area contributed by atoms with Gasteiger partial charge >= 0.3 is 0 Å². The summed E-state index contributed by atoms with van der Waals surface area (Å²) in [5.74, 6) is -0.480. The molecule has 0 unspecified atom stereocenters. The zero-order valence-corrected chi connectivity index (χ0v) is 15.4. The van der Waals surface area contributed by atoms with E-state index in [-0.39, 0.29) is 11.1 Å². The maximum absolute atomic E-state index is 13.7. The van der Waals surface area contributed by atoms with Crippen molar-refractivity contribution >= 4 is 26.3 Å². The molecule has 2 heterocycles. The second-order valence-electron chi connectivity index (χ2n) is 5.78. The fraction of sp³-hybridized carbons (Fsp3) is 0.235. The lowest BCUT2D eigenvalue weighted by Gasteiger charge is -2.16. The smallest absolute Gasteiger partial charge is 0.264 e. The van der Waals surface area contributed by atoms with E-state index in [1.807, 2.05) is 5.38 Å². The highest BCUT2D eigenvalue weighted by molar-refractivity contribution is 7.86. The topological polar surface area (TPSA) is 64.9 Å². The van der Waals surface area contributed by atoms with Crippen molar-refractivity contribution in [2.45, 2.75) is 20.0 Å². The summed E-state index contributed by atoms with van der Waals surface area (Å²) in [7, 11) is -3.72. The number of nitrogens with zero attached hydrogens (tertiary/aromatic N) is 1. The van der Waals surface area contributed by atoms with E-state index >= 15 is 0 Å². The predicted molar refractivity (Wildman–Crippen MR) is 96.0 cm³/mol. The summed E-state index contributed by atoms with van der Waals surface area (Å²) in [6.07, 6.45) is 0.0693. The summed E-state index contributed by atoms with van der Waals surface area (Å²) < 4.78 is 43.3. The van der Waals surface area contributed by atoms with E-state index in [0.717, 1.165) is 11.9 Å². The van der Waals surface area contributed by atoms with Crippen LogP contribution in [0.5, 0.6) is 0 Å². The van der Waals surface area contributed by atoms with Crippen LogP contribution in [0.2, 0.25) is 0 Å². The van der Waals surface area contributed by atoms with Crippen molar-refractivity contribution in [1.29, 1.82) is 0 Å². The number of hydrogen-bond acceptors (Lipinski definition) is 5. The van der Waals surface area contributed by atoms with Gasteiger partial charge in [-0.1, -0.05) is 12.1 Å². The normalized spacial score (nSPS) is 13.3. The molecular weight excluding hydrogens is 365 g/mol. The Hall–Kier alpha value is -2.03. The number of aryl methyl sites for hydroxylation is 1. The molecule has 1 aromatic carbocycles. The molecule has 0 radical (unpaired) electrons. The quantitative estimate of drug-likeness (QED) is 0.649. The second kappa shape index (κ2) is 6.36. The second-order valence-corrected chi connectivity index (χ2v) is 8.27. The first-order chi connectivity index (χ1) is 11.7. The molecule has 0 saturated heterocycles. The summed E-state index contributed by atoms with van der Waals surface area (Å²) in [5, 5.41) is 1.83. The number of thiazole rings is 1. The van der Waals surface area contributed by atoms with Crippen LogP contribution in [0, 0.1) is 12.7 Å². The Balaban J connectivity index is 2.34. The van der Waals surface area contributed by atoms with Crippen LogP contribution < -0.4 is 5.56 Å². The van der Waals surface area contributed by atoms with Crippen LogP contribution in [-0.2, 0) is 14.3 Å². The van der Waals surface area contributed by atoms with Crippen molar-refractivity contribution in [3.63, 3.8) is 0 Å². The highest BCUT2D eigenvalue weighted by Gasteiger charge is 2.22. The lowest BCUT2D eigenvalue weighted by molar-refractivity contribution is 0.237. The minimum atomic E-state index is -3.72. The number of aromatic nitrogens is 1. The van der Waals surface area contributed by atoms with Crippen molar-refractivity contribution in [2.75, 3.05) is 6.26 Å².